The first kappa shape index (κ1) is 20.1. The van der Waals surface area contributed by atoms with Gasteiger partial charge >= 0.3 is 0 Å². The molecule has 0 unspecified atom stereocenters. The Bertz CT molecular complexity index is 1070. The third-order valence-corrected chi connectivity index (χ3v) is 6.21. The Hall–Kier alpha value is -2.67. The van der Waals surface area contributed by atoms with Crippen LogP contribution in [0, 0.1) is 0 Å². The van der Waals surface area contributed by atoms with E-state index < -0.39 is 10.0 Å². The minimum atomic E-state index is -3.64. The van der Waals surface area contributed by atoms with Gasteiger partial charge in [-0.25, -0.2) is 8.42 Å². The van der Waals surface area contributed by atoms with Crippen molar-refractivity contribution in [2.24, 2.45) is 0 Å². The number of carbonyl (C=O) groups is 1. The van der Waals surface area contributed by atoms with E-state index in [-0.39, 0.29) is 17.3 Å². The van der Waals surface area contributed by atoms with Gasteiger partial charge in [-0.3, -0.25) is 4.79 Å². The summed E-state index contributed by atoms with van der Waals surface area (Å²) in [5.41, 5.74) is 1.82. The van der Waals surface area contributed by atoms with Crippen molar-refractivity contribution in [1.82, 2.24) is 4.31 Å². The normalized spacial score (nSPS) is 11.4. The first-order valence-corrected chi connectivity index (χ1v) is 10.4. The molecule has 144 valence electrons. The van der Waals surface area contributed by atoms with Gasteiger partial charge in [0.25, 0.3) is 5.91 Å². The van der Waals surface area contributed by atoms with E-state index in [2.05, 4.69) is 5.32 Å². The van der Waals surface area contributed by atoms with Crippen molar-refractivity contribution >= 4 is 33.2 Å². The molecule has 28 heavy (non-hydrogen) atoms. The van der Waals surface area contributed by atoms with Crippen molar-refractivity contribution < 1.29 is 13.2 Å². The molecule has 0 aromatic heterocycles. The number of carbonyl (C=O) groups excluding carboxylic acids is 1. The number of rotatable bonds is 6. The van der Waals surface area contributed by atoms with Gasteiger partial charge in [0.1, 0.15) is 0 Å². The van der Waals surface area contributed by atoms with Gasteiger partial charge in [0.15, 0.2) is 0 Å². The van der Waals surface area contributed by atoms with Crippen LogP contribution in [-0.4, -0.2) is 25.7 Å². The van der Waals surface area contributed by atoms with Gasteiger partial charge < -0.3 is 5.32 Å². The molecule has 0 heterocycles. The Kier molecular flexibility index (Phi) is 6.14. The van der Waals surface area contributed by atoms with E-state index in [1.807, 2.05) is 30.3 Å². The number of sulfonamides is 1. The van der Waals surface area contributed by atoms with Crippen LogP contribution < -0.4 is 5.32 Å². The molecule has 0 atom stereocenters. The number of amides is 1. The van der Waals surface area contributed by atoms with Crippen LogP contribution in [-0.2, 0) is 16.6 Å². The lowest BCUT2D eigenvalue weighted by atomic mass is 10.2. The monoisotopic (exact) mass is 414 g/mol. The van der Waals surface area contributed by atoms with Crippen LogP contribution >= 0.6 is 11.6 Å². The molecular weight excluding hydrogens is 396 g/mol. The molecule has 0 spiro atoms. The number of hydrogen-bond donors (Lipinski definition) is 1. The maximum absolute atomic E-state index is 12.8. The first-order valence-electron chi connectivity index (χ1n) is 8.53. The SMILES string of the molecule is CN(Cc1ccccc1)S(=O)(=O)c1ccc(NC(=O)c2cccc(Cl)c2)cc1. The molecule has 0 aliphatic heterocycles. The predicted molar refractivity (Wildman–Crippen MR) is 111 cm³/mol. The van der Waals surface area contributed by atoms with E-state index in [1.165, 1.54) is 23.5 Å². The lowest BCUT2D eigenvalue weighted by molar-refractivity contribution is 0.102. The molecule has 3 aromatic rings. The van der Waals surface area contributed by atoms with Gasteiger partial charge in [-0.2, -0.15) is 4.31 Å². The molecule has 7 heteroatoms. The molecule has 5 nitrogen and oxygen atoms in total. The number of benzene rings is 3. The first-order chi connectivity index (χ1) is 13.4. The highest BCUT2D eigenvalue weighted by Crippen LogP contribution is 2.20. The third-order valence-electron chi connectivity index (χ3n) is 4.16. The van der Waals surface area contributed by atoms with E-state index in [9.17, 15) is 13.2 Å². The van der Waals surface area contributed by atoms with Crippen molar-refractivity contribution in [3.63, 3.8) is 0 Å². The second-order valence-electron chi connectivity index (χ2n) is 6.24. The highest BCUT2D eigenvalue weighted by Gasteiger charge is 2.21. The maximum Gasteiger partial charge on any atom is 0.255 e. The predicted octanol–water partition coefficient (Wildman–Crippen LogP) is 4.41. The Morgan fingerprint density at radius 3 is 2.29 bits per heavy atom. The van der Waals surface area contributed by atoms with Crippen LogP contribution in [0.1, 0.15) is 15.9 Å². The molecule has 3 rings (SSSR count). The van der Waals surface area contributed by atoms with E-state index in [1.54, 1.807) is 36.4 Å². The Morgan fingerprint density at radius 1 is 0.964 bits per heavy atom. The molecule has 0 saturated heterocycles. The number of nitrogens with zero attached hydrogens (tertiary/aromatic N) is 1. The summed E-state index contributed by atoms with van der Waals surface area (Å²) >= 11 is 5.90. The quantitative estimate of drug-likeness (QED) is 0.649. The zero-order valence-electron chi connectivity index (χ0n) is 15.2. The second-order valence-corrected chi connectivity index (χ2v) is 8.72. The fourth-order valence-electron chi connectivity index (χ4n) is 2.65. The molecule has 0 aliphatic rings. The summed E-state index contributed by atoms with van der Waals surface area (Å²) in [5, 5.41) is 3.20. The molecular formula is C21H19ClN2O3S. The van der Waals surface area contributed by atoms with Crippen molar-refractivity contribution in [3.05, 3.63) is 95.0 Å². The molecule has 1 amide bonds. The summed E-state index contributed by atoms with van der Waals surface area (Å²) < 4.78 is 26.8. The van der Waals surface area contributed by atoms with Gasteiger partial charge in [-0.1, -0.05) is 48.0 Å². The molecule has 0 bridgehead atoms. The van der Waals surface area contributed by atoms with Crippen LogP contribution in [0.4, 0.5) is 5.69 Å². The highest BCUT2D eigenvalue weighted by atomic mass is 35.5. The molecule has 0 fully saturated rings. The van der Waals surface area contributed by atoms with E-state index in [0.717, 1.165) is 5.56 Å². The summed E-state index contributed by atoms with van der Waals surface area (Å²) in [6, 6.07) is 22.0. The summed E-state index contributed by atoms with van der Waals surface area (Å²) in [6.07, 6.45) is 0. The van der Waals surface area contributed by atoms with Gasteiger partial charge in [-0.05, 0) is 48.0 Å². The van der Waals surface area contributed by atoms with Crippen molar-refractivity contribution in [3.8, 4) is 0 Å². The maximum atomic E-state index is 12.8. The van der Waals surface area contributed by atoms with Crippen LogP contribution in [0.15, 0.2) is 83.8 Å². The molecule has 3 aromatic carbocycles. The zero-order valence-corrected chi connectivity index (χ0v) is 16.7. The minimum Gasteiger partial charge on any atom is -0.322 e. The van der Waals surface area contributed by atoms with Crippen LogP contribution in [0.5, 0.6) is 0 Å². The lowest BCUT2D eigenvalue weighted by Gasteiger charge is -2.17. The summed E-state index contributed by atoms with van der Waals surface area (Å²) in [6.45, 7) is 0.274. The fraction of sp³-hybridized carbons (Fsp3) is 0.0952. The van der Waals surface area contributed by atoms with Crippen molar-refractivity contribution in [1.29, 1.82) is 0 Å². The summed E-state index contributed by atoms with van der Waals surface area (Å²) in [7, 11) is -2.10. The summed E-state index contributed by atoms with van der Waals surface area (Å²) in [4.78, 5) is 12.4. The fourth-order valence-corrected chi connectivity index (χ4v) is 4.00. The standard InChI is InChI=1S/C21H19ClN2O3S/c1-24(15-16-6-3-2-4-7-16)28(26,27)20-12-10-19(11-13-20)23-21(25)17-8-5-9-18(22)14-17/h2-14H,15H2,1H3,(H,23,25). The van der Waals surface area contributed by atoms with Crippen LogP contribution in [0.3, 0.4) is 0 Å². The average molecular weight is 415 g/mol. The van der Waals surface area contributed by atoms with Gasteiger partial charge in [0, 0.05) is 29.9 Å². The van der Waals surface area contributed by atoms with Gasteiger partial charge in [0.2, 0.25) is 10.0 Å². The van der Waals surface area contributed by atoms with Crippen molar-refractivity contribution in [2.45, 2.75) is 11.4 Å². The van der Waals surface area contributed by atoms with Gasteiger partial charge in [0.05, 0.1) is 4.90 Å². The molecule has 0 aliphatic carbocycles. The van der Waals surface area contributed by atoms with E-state index in [4.69, 9.17) is 11.6 Å². The average Bonchev–Trinajstić information content (AvgIpc) is 2.69. The molecule has 0 radical (unpaired) electrons. The van der Waals surface area contributed by atoms with E-state index >= 15 is 0 Å². The van der Waals surface area contributed by atoms with Crippen LogP contribution in [0.25, 0.3) is 0 Å². The Balaban J connectivity index is 1.71. The molecule has 1 N–H and O–H groups in total. The van der Waals surface area contributed by atoms with Crippen molar-refractivity contribution in [2.75, 3.05) is 12.4 Å². The Labute approximate surface area is 169 Å². The van der Waals surface area contributed by atoms with Crippen LogP contribution in [0.2, 0.25) is 5.02 Å². The topological polar surface area (TPSA) is 66.5 Å². The van der Waals surface area contributed by atoms with E-state index in [0.29, 0.717) is 16.3 Å². The zero-order chi connectivity index (χ0) is 20.1. The smallest absolute Gasteiger partial charge is 0.255 e. The molecule has 0 saturated carbocycles. The second kappa shape index (κ2) is 8.56. The number of halogens is 1. The summed E-state index contributed by atoms with van der Waals surface area (Å²) in [5.74, 6) is -0.320. The number of nitrogens with one attached hydrogen (secondary N) is 1. The lowest BCUT2D eigenvalue weighted by Crippen LogP contribution is -2.26. The third kappa shape index (κ3) is 4.78. The minimum absolute atomic E-state index is 0.159. The largest absolute Gasteiger partial charge is 0.322 e. The van der Waals surface area contributed by atoms with Gasteiger partial charge in [-0.15, -0.1) is 0 Å². The number of hydrogen-bond acceptors (Lipinski definition) is 3. The Morgan fingerprint density at radius 2 is 1.64 bits per heavy atom. The number of anilines is 1. The highest BCUT2D eigenvalue weighted by molar-refractivity contribution is 7.89.